The third-order valence-electron chi connectivity index (χ3n) is 6.71. The Labute approximate surface area is 217 Å². The molecule has 0 unspecified atom stereocenters. The van der Waals surface area contributed by atoms with Crippen LogP contribution in [0, 0.1) is 11.3 Å². The maximum absolute atomic E-state index is 13.8. The number of methoxy groups -OCH3 is 1. The van der Waals surface area contributed by atoms with Crippen LogP contribution in [0.3, 0.4) is 0 Å². The lowest BCUT2D eigenvalue weighted by Crippen LogP contribution is -2.61. The van der Waals surface area contributed by atoms with E-state index in [0.717, 1.165) is 5.56 Å². The Morgan fingerprint density at radius 2 is 1.67 bits per heavy atom. The average Bonchev–Trinajstić information content (AvgIpc) is 2.78. The SMILES string of the molecule is CN[C@H](C(=O)N[C@H](C(=O)N(C)[C@H](/C=C(\C)C(=O)OC)C(C)C)C(C)(C)C)C(C)(C)c1cccc(N)c1. The van der Waals surface area contributed by atoms with E-state index in [1.807, 2.05) is 66.7 Å². The fourth-order valence-electron chi connectivity index (χ4n) is 4.39. The zero-order chi connectivity index (χ0) is 28.0. The number of hydrogen-bond donors (Lipinski definition) is 3. The summed E-state index contributed by atoms with van der Waals surface area (Å²) in [4.78, 5) is 41.0. The highest BCUT2D eigenvalue weighted by Gasteiger charge is 2.41. The average molecular weight is 503 g/mol. The minimum absolute atomic E-state index is 0.0300. The fraction of sp³-hybridized carbons (Fsp3) is 0.607. The summed E-state index contributed by atoms with van der Waals surface area (Å²) >= 11 is 0. The van der Waals surface area contributed by atoms with E-state index in [9.17, 15) is 14.4 Å². The molecule has 0 fully saturated rings. The van der Waals surface area contributed by atoms with Crippen molar-refractivity contribution in [3.05, 3.63) is 41.5 Å². The van der Waals surface area contributed by atoms with Gasteiger partial charge >= 0.3 is 5.97 Å². The van der Waals surface area contributed by atoms with Gasteiger partial charge in [0.05, 0.1) is 19.2 Å². The normalized spacial score (nSPS) is 15.2. The molecule has 0 radical (unpaired) electrons. The number of hydrogen-bond acceptors (Lipinski definition) is 6. The molecule has 8 heteroatoms. The molecule has 0 spiro atoms. The molecule has 2 amide bonds. The van der Waals surface area contributed by atoms with Crippen LogP contribution in [0.25, 0.3) is 0 Å². The van der Waals surface area contributed by atoms with Gasteiger partial charge in [-0.3, -0.25) is 9.59 Å². The molecule has 0 aliphatic heterocycles. The Morgan fingerprint density at radius 1 is 1.08 bits per heavy atom. The molecule has 1 aromatic rings. The number of benzene rings is 1. The van der Waals surface area contributed by atoms with Crippen LogP contribution in [0.2, 0.25) is 0 Å². The number of ether oxygens (including phenoxy) is 1. The zero-order valence-electron chi connectivity index (χ0n) is 23.9. The highest BCUT2D eigenvalue weighted by atomic mass is 16.5. The van der Waals surface area contributed by atoms with Crippen molar-refractivity contribution < 1.29 is 19.1 Å². The van der Waals surface area contributed by atoms with E-state index in [4.69, 9.17) is 10.5 Å². The third-order valence-corrected chi connectivity index (χ3v) is 6.71. The van der Waals surface area contributed by atoms with Crippen LogP contribution in [-0.4, -0.2) is 62.0 Å². The summed E-state index contributed by atoms with van der Waals surface area (Å²) in [7, 11) is 4.76. The van der Waals surface area contributed by atoms with Crippen molar-refractivity contribution >= 4 is 23.5 Å². The van der Waals surface area contributed by atoms with E-state index in [1.165, 1.54) is 7.11 Å². The van der Waals surface area contributed by atoms with Crippen molar-refractivity contribution in [1.82, 2.24) is 15.5 Å². The zero-order valence-corrected chi connectivity index (χ0v) is 23.9. The summed E-state index contributed by atoms with van der Waals surface area (Å²) in [5, 5.41) is 6.16. The molecular formula is C28H46N4O4. The predicted octanol–water partition coefficient (Wildman–Crippen LogP) is 3.27. The first-order valence-corrected chi connectivity index (χ1v) is 12.4. The van der Waals surface area contributed by atoms with Crippen LogP contribution in [-0.2, 0) is 24.5 Å². The number of esters is 1. The van der Waals surface area contributed by atoms with E-state index >= 15 is 0 Å². The van der Waals surface area contributed by atoms with Gasteiger partial charge in [-0.2, -0.15) is 0 Å². The number of amides is 2. The molecule has 0 saturated heterocycles. The highest BCUT2D eigenvalue weighted by Crippen LogP contribution is 2.30. The monoisotopic (exact) mass is 502 g/mol. The summed E-state index contributed by atoms with van der Waals surface area (Å²) < 4.78 is 4.82. The van der Waals surface area contributed by atoms with Gasteiger partial charge < -0.3 is 26.0 Å². The van der Waals surface area contributed by atoms with Crippen LogP contribution in [0.1, 0.15) is 61.0 Å². The highest BCUT2D eigenvalue weighted by molar-refractivity contribution is 5.92. The van der Waals surface area contributed by atoms with Crippen molar-refractivity contribution in [2.24, 2.45) is 11.3 Å². The number of nitrogens with zero attached hydrogens (tertiary/aromatic N) is 1. The number of rotatable bonds is 10. The standard InChI is InChI=1S/C28H46N4O4/c1-17(2)21(15-18(3)26(35)36-11)32(10)25(34)23(27(4,5)6)31-24(33)22(30-9)28(7,8)19-13-12-14-20(29)16-19/h12-17,21-23,30H,29H2,1-11H3,(H,31,33)/b18-15+/t21-,22-,23-/m1/s1. The van der Waals surface area contributed by atoms with Gasteiger partial charge in [-0.05, 0) is 43.0 Å². The lowest BCUT2D eigenvalue weighted by molar-refractivity contribution is -0.141. The molecule has 4 N–H and O–H groups in total. The maximum atomic E-state index is 13.8. The minimum atomic E-state index is -0.796. The van der Waals surface area contributed by atoms with Gasteiger partial charge in [0, 0.05) is 23.7 Å². The largest absolute Gasteiger partial charge is 0.466 e. The quantitative estimate of drug-likeness (QED) is 0.257. The fourth-order valence-corrected chi connectivity index (χ4v) is 4.39. The van der Waals surface area contributed by atoms with Gasteiger partial charge in [-0.1, -0.05) is 66.7 Å². The smallest absolute Gasteiger partial charge is 0.333 e. The lowest BCUT2D eigenvalue weighted by atomic mass is 9.76. The third kappa shape index (κ3) is 7.56. The molecule has 0 aliphatic carbocycles. The Morgan fingerprint density at radius 3 is 2.11 bits per heavy atom. The Hall–Kier alpha value is -2.87. The van der Waals surface area contributed by atoms with E-state index in [0.29, 0.717) is 11.3 Å². The van der Waals surface area contributed by atoms with Crippen molar-refractivity contribution in [1.29, 1.82) is 0 Å². The molecule has 36 heavy (non-hydrogen) atoms. The molecule has 0 saturated carbocycles. The summed E-state index contributed by atoms with van der Waals surface area (Å²) in [6.07, 6.45) is 1.75. The number of carbonyl (C=O) groups is 3. The van der Waals surface area contributed by atoms with Gasteiger partial charge in [-0.15, -0.1) is 0 Å². The molecule has 0 aromatic heterocycles. The van der Waals surface area contributed by atoms with Gasteiger partial charge in [0.1, 0.15) is 6.04 Å². The summed E-state index contributed by atoms with van der Waals surface area (Å²) in [6, 6.07) is 5.70. The van der Waals surface area contributed by atoms with Gasteiger partial charge in [-0.25, -0.2) is 4.79 Å². The summed E-state index contributed by atoms with van der Waals surface area (Å²) in [5.41, 5.74) is 6.78. The number of nitrogens with two attached hydrogens (primary N) is 1. The van der Waals surface area contributed by atoms with Crippen molar-refractivity contribution in [3.8, 4) is 0 Å². The second kappa shape index (κ2) is 12.4. The second-order valence-electron chi connectivity index (χ2n) is 11.4. The van der Waals surface area contributed by atoms with E-state index in [2.05, 4.69) is 10.6 Å². The number of nitrogens with one attached hydrogen (secondary N) is 2. The van der Waals surface area contributed by atoms with Gasteiger partial charge in [0.15, 0.2) is 0 Å². The van der Waals surface area contributed by atoms with Crippen molar-refractivity contribution in [2.75, 3.05) is 26.9 Å². The first-order chi connectivity index (χ1) is 16.5. The molecule has 202 valence electrons. The maximum Gasteiger partial charge on any atom is 0.333 e. The van der Waals surface area contributed by atoms with Crippen LogP contribution >= 0.6 is 0 Å². The van der Waals surface area contributed by atoms with Crippen LogP contribution in [0.4, 0.5) is 5.69 Å². The molecule has 1 aromatic carbocycles. The van der Waals surface area contributed by atoms with Gasteiger partial charge in [0.2, 0.25) is 11.8 Å². The number of nitrogen functional groups attached to an aromatic ring is 1. The van der Waals surface area contributed by atoms with Crippen LogP contribution in [0.5, 0.6) is 0 Å². The van der Waals surface area contributed by atoms with Gasteiger partial charge in [0.25, 0.3) is 0 Å². The molecule has 0 aliphatic rings. The molecule has 1 rings (SSSR count). The Bertz CT molecular complexity index is 963. The first kappa shape index (κ1) is 31.2. The van der Waals surface area contributed by atoms with Crippen molar-refractivity contribution in [3.63, 3.8) is 0 Å². The number of anilines is 1. The van der Waals surface area contributed by atoms with Crippen molar-refractivity contribution in [2.45, 2.75) is 78.9 Å². The van der Waals surface area contributed by atoms with Crippen LogP contribution < -0.4 is 16.4 Å². The molecule has 0 bridgehead atoms. The Kier molecular flexibility index (Phi) is 10.7. The Balaban J connectivity index is 3.32. The van der Waals surface area contributed by atoms with Crippen LogP contribution in [0.15, 0.2) is 35.9 Å². The second-order valence-corrected chi connectivity index (χ2v) is 11.4. The topological polar surface area (TPSA) is 114 Å². The number of carbonyl (C=O) groups excluding carboxylic acids is 3. The van der Waals surface area contributed by atoms with E-state index in [1.54, 1.807) is 38.1 Å². The number of likely N-dealkylation sites (N-methyl/N-ethyl adjacent to an activating group) is 2. The van der Waals surface area contributed by atoms with E-state index < -0.39 is 28.9 Å². The first-order valence-electron chi connectivity index (χ1n) is 12.4. The lowest BCUT2D eigenvalue weighted by Gasteiger charge is -2.40. The molecule has 0 heterocycles. The minimum Gasteiger partial charge on any atom is -0.466 e. The summed E-state index contributed by atoms with van der Waals surface area (Å²) in [5.74, 6) is -0.931. The molecule has 8 nitrogen and oxygen atoms in total. The summed E-state index contributed by atoms with van der Waals surface area (Å²) in [6.45, 7) is 15.3. The molecule has 3 atom stereocenters. The predicted molar refractivity (Wildman–Crippen MR) is 145 cm³/mol. The van der Waals surface area contributed by atoms with E-state index in [-0.39, 0.29) is 23.8 Å². The molecular weight excluding hydrogens is 456 g/mol.